The molecular formula is C9H13NO. The van der Waals surface area contributed by atoms with Crippen LogP contribution in [0.15, 0.2) is 12.1 Å². The van der Waals surface area contributed by atoms with E-state index in [2.05, 4.69) is 0 Å². The third kappa shape index (κ3) is 1.52. The van der Waals surface area contributed by atoms with Gasteiger partial charge in [0.05, 0.1) is 6.61 Å². The van der Waals surface area contributed by atoms with Crippen LogP contribution in [-0.2, 0) is 6.61 Å². The zero-order valence-corrected chi connectivity index (χ0v) is 6.89. The molecule has 2 nitrogen and oxygen atoms in total. The van der Waals surface area contributed by atoms with Crippen molar-refractivity contribution in [1.29, 1.82) is 0 Å². The number of nitrogens with two attached hydrogens (primary N) is 1. The van der Waals surface area contributed by atoms with Gasteiger partial charge in [0.25, 0.3) is 0 Å². The summed E-state index contributed by atoms with van der Waals surface area (Å²) >= 11 is 0. The third-order valence-electron chi connectivity index (χ3n) is 1.79. The lowest BCUT2D eigenvalue weighted by Crippen LogP contribution is -1.97. The Hall–Kier alpha value is -1.02. The second kappa shape index (κ2) is 2.93. The molecule has 0 radical (unpaired) electrons. The Balaban J connectivity index is 3.24. The molecule has 0 amide bonds. The van der Waals surface area contributed by atoms with E-state index < -0.39 is 0 Å². The lowest BCUT2D eigenvalue weighted by Gasteiger charge is -2.06. The summed E-state index contributed by atoms with van der Waals surface area (Å²) in [7, 11) is 0. The fourth-order valence-electron chi connectivity index (χ4n) is 1.20. The van der Waals surface area contributed by atoms with Crippen molar-refractivity contribution in [2.75, 3.05) is 5.73 Å². The molecule has 1 aromatic carbocycles. The van der Waals surface area contributed by atoms with E-state index in [4.69, 9.17) is 10.8 Å². The molecule has 1 aromatic rings. The summed E-state index contributed by atoms with van der Waals surface area (Å²) in [6, 6.07) is 3.91. The summed E-state index contributed by atoms with van der Waals surface area (Å²) in [5.74, 6) is 0. The average Bonchev–Trinajstić information content (AvgIpc) is 1.96. The predicted molar refractivity (Wildman–Crippen MR) is 46.3 cm³/mol. The summed E-state index contributed by atoms with van der Waals surface area (Å²) in [5.41, 5.74) is 9.41. The Morgan fingerprint density at radius 1 is 1.36 bits per heavy atom. The highest BCUT2D eigenvalue weighted by atomic mass is 16.3. The van der Waals surface area contributed by atoms with Gasteiger partial charge in [0.15, 0.2) is 0 Å². The van der Waals surface area contributed by atoms with Crippen molar-refractivity contribution in [3.05, 3.63) is 28.8 Å². The largest absolute Gasteiger partial charge is 0.398 e. The van der Waals surface area contributed by atoms with Crippen molar-refractivity contribution < 1.29 is 5.11 Å². The molecule has 60 valence electrons. The molecule has 0 aromatic heterocycles. The normalized spacial score (nSPS) is 10.1. The minimum atomic E-state index is 0.0222. The Bertz CT molecular complexity index is 269. The number of benzene rings is 1. The molecule has 0 aliphatic heterocycles. The Kier molecular flexibility index (Phi) is 2.15. The van der Waals surface area contributed by atoms with Crippen LogP contribution in [-0.4, -0.2) is 5.11 Å². The van der Waals surface area contributed by atoms with E-state index >= 15 is 0 Å². The minimum absolute atomic E-state index is 0.0222. The van der Waals surface area contributed by atoms with Crippen LogP contribution in [0.5, 0.6) is 0 Å². The number of anilines is 1. The third-order valence-corrected chi connectivity index (χ3v) is 1.79. The van der Waals surface area contributed by atoms with Gasteiger partial charge in [-0.25, -0.2) is 0 Å². The Morgan fingerprint density at radius 3 is 2.55 bits per heavy atom. The van der Waals surface area contributed by atoms with E-state index in [1.54, 1.807) is 0 Å². The van der Waals surface area contributed by atoms with Crippen LogP contribution in [0, 0.1) is 13.8 Å². The Morgan fingerprint density at radius 2 is 2.00 bits per heavy atom. The van der Waals surface area contributed by atoms with Crippen LogP contribution in [0.2, 0.25) is 0 Å². The fraction of sp³-hybridized carbons (Fsp3) is 0.333. The summed E-state index contributed by atoms with van der Waals surface area (Å²) in [6.45, 7) is 3.96. The maximum atomic E-state index is 8.89. The van der Waals surface area contributed by atoms with Gasteiger partial charge in [-0.15, -0.1) is 0 Å². The molecule has 0 bridgehead atoms. The zero-order chi connectivity index (χ0) is 8.43. The monoisotopic (exact) mass is 151 g/mol. The second-order valence-electron chi connectivity index (χ2n) is 2.81. The number of hydrogen-bond donors (Lipinski definition) is 2. The number of rotatable bonds is 1. The van der Waals surface area contributed by atoms with Crippen LogP contribution in [0.25, 0.3) is 0 Å². The van der Waals surface area contributed by atoms with Crippen molar-refractivity contribution in [1.82, 2.24) is 0 Å². The van der Waals surface area contributed by atoms with E-state index in [1.807, 2.05) is 26.0 Å². The Labute approximate surface area is 66.7 Å². The molecular weight excluding hydrogens is 138 g/mol. The smallest absolute Gasteiger partial charge is 0.0702 e. The average molecular weight is 151 g/mol. The topological polar surface area (TPSA) is 46.2 Å². The minimum Gasteiger partial charge on any atom is -0.398 e. The van der Waals surface area contributed by atoms with Gasteiger partial charge >= 0.3 is 0 Å². The summed E-state index contributed by atoms with van der Waals surface area (Å²) in [4.78, 5) is 0. The number of aliphatic hydroxyl groups excluding tert-OH is 1. The first-order chi connectivity index (χ1) is 5.15. The zero-order valence-electron chi connectivity index (χ0n) is 6.89. The number of aryl methyl sites for hydroxylation is 2. The van der Waals surface area contributed by atoms with Crippen LogP contribution < -0.4 is 5.73 Å². The van der Waals surface area contributed by atoms with E-state index in [0.717, 1.165) is 16.7 Å². The molecule has 2 heteroatoms. The predicted octanol–water partition coefficient (Wildman–Crippen LogP) is 1.38. The summed E-state index contributed by atoms with van der Waals surface area (Å²) < 4.78 is 0. The molecule has 3 N–H and O–H groups in total. The maximum Gasteiger partial charge on any atom is 0.0702 e. The maximum absolute atomic E-state index is 8.89. The van der Waals surface area contributed by atoms with E-state index in [1.165, 1.54) is 0 Å². The molecule has 0 aliphatic rings. The van der Waals surface area contributed by atoms with Gasteiger partial charge in [0, 0.05) is 11.3 Å². The number of aliphatic hydroxyl groups is 1. The first-order valence-electron chi connectivity index (χ1n) is 3.61. The standard InChI is InChI=1S/C9H13NO/c1-6-3-7(2)9(10)8(4-6)5-11/h3-4,11H,5,10H2,1-2H3. The molecule has 0 saturated heterocycles. The van der Waals surface area contributed by atoms with Gasteiger partial charge in [-0.1, -0.05) is 17.7 Å². The molecule has 0 atom stereocenters. The van der Waals surface area contributed by atoms with E-state index in [9.17, 15) is 0 Å². The van der Waals surface area contributed by atoms with E-state index in [0.29, 0.717) is 5.69 Å². The van der Waals surface area contributed by atoms with Gasteiger partial charge in [-0.05, 0) is 19.4 Å². The van der Waals surface area contributed by atoms with Crippen LogP contribution in [0.4, 0.5) is 5.69 Å². The molecule has 0 aliphatic carbocycles. The molecule has 0 saturated carbocycles. The van der Waals surface area contributed by atoms with Crippen LogP contribution >= 0.6 is 0 Å². The van der Waals surface area contributed by atoms with Crippen molar-refractivity contribution in [2.45, 2.75) is 20.5 Å². The quantitative estimate of drug-likeness (QED) is 0.595. The molecule has 0 heterocycles. The highest BCUT2D eigenvalue weighted by molar-refractivity contribution is 5.54. The van der Waals surface area contributed by atoms with Crippen LogP contribution in [0.3, 0.4) is 0 Å². The first kappa shape index (κ1) is 8.08. The lowest BCUT2D eigenvalue weighted by molar-refractivity contribution is 0.282. The molecule has 0 spiro atoms. The molecule has 11 heavy (non-hydrogen) atoms. The van der Waals surface area contributed by atoms with Crippen molar-refractivity contribution in [2.24, 2.45) is 0 Å². The van der Waals surface area contributed by atoms with Crippen molar-refractivity contribution in [3.8, 4) is 0 Å². The second-order valence-corrected chi connectivity index (χ2v) is 2.81. The van der Waals surface area contributed by atoms with Crippen LogP contribution in [0.1, 0.15) is 16.7 Å². The molecule has 0 unspecified atom stereocenters. The van der Waals surface area contributed by atoms with Crippen molar-refractivity contribution in [3.63, 3.8) is 0 Å². The van der Waals surface area contributed by atoms with Gasteiger partial charge in [0.2, 0.25) is 0 Å². The van der Waals surface area contributed by atoms with Gasteiger partial charge in [-0.3, -0.25) is 0 Å². The SMILES string of the molecule is Cc1cc(C)c(N)c(CO)c1. The summed E-state index contributed by atoms with van der Waals surface area (Å²) in [6.07, 6.45) is 0. The first-order valence-corrected chi connectivity index (χ1v) is 3.61. The summed E-state index contributed by atoms with van der Waals surface area (Å²) in [5, 5.41) is 8.89. The fourth-order valence-corrected chi connectivity index (χ4v) is 1.20. The van der Waals surface area contributed by atoms with Gasteiger partial charge in [-0.2, -0.15) is 0 Å². The molecule has 1 rings (SSSR count). The van der Waals surface area contributed by atoms with Gasteiger partial charge in [0.1, 0.15) is 0 Å². The van der Waals surface area contributed by atoms with Gasteiger partial charge < -0.3 is 10.8 Å². The number of nitrogen functional groups attached to an aromatic ring is 1. The van der Waals surface area contributed by atoms with E-state index in [-0.39, 0.29) is 6.61 Å². The molecule has 0 fully saturated rings. The number of hydrogen-bond acceptors (Lipinski definition) is 2. The highest BCUT2D eigenvalue weighted by Crippen LogP contribution is 2.18. The van der Waals surface area contributed by atoms with Crippen molar-refractivity contribution >= 4 is 5.69 Å². The lowest BCUT2D eigenvalue weighted by atomic mass is 10.1. The highest BCUT2D eigenvalue weighted by Gasteiger charge is 2.00.